The lowest BCUT2D eigenvalue weighted by molar-refractivity contribution is 0.417. The number of methoxy groups -OCH3 is 1. The molecule has 0 atom stereocenters. The highest BCUT2D eigenvalue weighted by Crippen LogP contribution is 2.30. The average Bonchev–Trinajstić information content (AvgIpc) is 3.44. The van der Waals surface area contributed by atoms with Crippen molar-refractivity contribution < 1.29 is 4.74 Å². The fraction of sp³-hybridized carbons (Fsp3) is 0.143. The van der Waals surface area contributed by atoms with E-state index in [-0.39, 0.29) is 0 Å². The number of nitrogens with one attached hydrogen (secondary N) is 2. The maximum Gasteiger partial charge on any atom is 0.145 e. The Bertz CT molecular complexity index is 1280. The summed E-state index contributed by atoms with van der Waals surface area (Å²) in [6, 6.07) is 10.4. The summed E-state index contributed by atoms with van der Waals surface area (Å²) in [6.07, 6.45) is 9.64. The van der Waals surface area contributed by atoms with Crippen molar-refractivity contribution in [1.29, 1.82) is 0 Å². The van der Waals surface area contributed by atoms with E-state index >= 15 is 0 Å². The summed E-state index contributed by atoms with van der Waals surface area (Å²) in [6.45, 7) is 0.651. The van der Waals surface area contributed by atoms with Crippen LogP contribution in [0.1, 0.15) is 5.56 Å². The molecule has 0 bridgehead atoms. The molecule has 0 spiro atoms. The van der Waals surface area contributed by atoms with E-state index in [9.17, 15) is 0 Å². The van der Waals surface area contributed by atoms with Gasteiger partial charge in [-0.2, -0.15) is 10.2 Å². The molecule has 0 aliphatic carbocycles. The number of hydrogen-bond acceptors (Lipinski definition) is 4. The minimum absolute atomic E-state index is 0.651. The van der Waals surface area contributed by atoms with Crippen molar-refractivity contribution in [3.63, 3.8) is 0 Å². The van der Waals surface area contributed by atoms with Crippen LogP contribution in [0.2, 0.25) is 0 Å². The van der Waals surface area contributed by atoms with Crippen LogP contribution in [0.4, 0.5) is 5.69 Å². The third kappa shape index (κ3) is 2.77. The second kappa shape index (κ2) is 6.45. The van der Waals surface area contributed by atoms with Crippen molar-refractivity contribution >= 4 is 22.1 Å². The van der Waals surface area contributed by atoms with Gasteiger partial charge >= 0.3 is 0 Å². The topological polar surface area (TPSA) is 72.2 Å². The molecule has 1 aromatic carbocycles. The number of aromatic amines is 1. The minimum Gasteiger partial charge on any atom is -0.494 e. The van der Waals surface area contributed by atoms with E-state index in [1.165, 1.54) is 5.39 Å². The Hall–Kier alpha value is -3.74. The van der Waals surface area contributed by atoms with Gasteiger partial charge in [-0.15, -0.1) is 0 Å². The van der Waals surface area contributed by atoms with E-state index in [4.69, 9.17) is 4.74 Å². The molecular formula is C21H20N6O. The first kappa shape index (κ1) is 16.4. The number of nitrogens with zero attached hydrogens (tertiary/aromatic N) is 4. The standard InChI is InChI=1S/C21H20N6O/c1-26-12-17(11-24-26)15-7-20(28-2)21-16(10-25-27(21)13-15)9-23-18-4-3-14-5-6-22-19(14)8-18/h3-8,10-13,22-23H,9H2,1-2H3. The highest BCUT2D eigenvalue weighted by atomic mass is 16.5. The van der Waals surface area contributed by atoms with Crippen LogP contribution in [0.15, 0.2) is 61.3 Å². The third-order valence-corrected chi connectivity index (χ3v) is 4.95. The molecule has 7 heteroatoms. The molecular weight excluding hydrogens is 352 g/mol. The fourth-order valence-electron chi connectivity index (χ4n) is 3.51. The molecule has 7 nitrogen and oxygen atoms in total. The summed E-state index contributed by atoms with van der Waals surface area (Å²) in [5, 5.41) is 13.5. The van der Waals surface area contributed by atoms with Gasteiger partial charge in [-0.25, -0.2) is 4.52 Å². The smallest absolute Gasteiger partial charge is 0.145 e. The quantitative estimate of drug-likeness (QED) is 0.492. The molecule has 4 aromatic heterocycles. The molecule has 0 amide bonds. The first-order valence-electron chi connectivity index (χ1n) is 9.05. The van der Waals surface area contributed by atoms with Crippen LogP contribution in [0.25, 0.3) is 27.5 Å². The molecule has 0 unspecified atom stereocenters. The monoisotopic (exact) mass is 372 g/mol. The normalized spacial score (nSPS) is 11.4. The molecule has 0 aliphatic heterocycles. The Morgan fingerprint density at radius 2 is 2.00 bits per heavy atom. The van der Waals surface area contributed by atoms with Gasteiger partial charge in [-0.3, -0.25) is 4.68 Å². The van der Waals surface area contributed by atoms with Crippen molar-refractivity contribution in [2.75, 3.05) is 12.4 Å². The van der Waals surface area contributed by atoms with Crippen molar-refractivity contribution in [3.05, 3.63) is 66.9 Å². The van der Waals surface area contributed by atoms with Crippen LogP contribution in [0, 0.1) is 0 Å². The van der Waals surface area contributed by atoms with Crippen LogP contribution in [-0.4, -0.2) is 31.5 Å². The first-order valence-corrected chi connectivity index (χ1v) is 9.05. The predicted molar refractivity (Wildman–Crippen MR) is 110 cm³/mol. The van der Waals surface area contributed by atoms with Gasteiger partial charge in [0, 0.05) is 60.1 Å². The van der Waals surface area contributed by atoms with Crippen LogP contribution in [-0.2, 0) is 13.6 Å². The van der Waals surface area contributed by atoms with Gasteiger partial charge in [-0.1, -0.05) is 6.07 Å². The number of aryl methyl sites for hydroxylation is 1. The fourth-order valence-corrected chi connectivity index (χ4v) is 3.51. The van der Waals surface area contributed by atoms with Gasteiger partial charge in [0.25, 0.3) is 0 Å². The third-order valence-electron chi connectivity index (χ3n) is 4.95. The number of ether oxygens (including phenoxy) is 1. The summed E-state index contributed by atoms with van der Waals surface area (Å²) < 4.78 is 9.32. The Labute approximate surface area is 161 Å². The summed E-state index contributed by atoms with van der Waals surface area (Å²) >= 11 is 0. The molecule has 2 N–H and O–H groups in total. The maximum atomic E-state index is 5.67. The molecule has 0 aliphatic rings. The molecule has 0 radical (unpaired) electrons. The van der Waals surface area contributed by atoms with Crippen LogP contribution < -0.4 is 10.1 Å². The van der Waals surface area contributed by atoms with E-state index in [1.54, 1.807) is 11.8 Å². The van der Waals surface area contributed by atoms with Gasteiger partial charge in [-0.05, 0) is 29.7 Å². The predicted octanol–water partition coefficient (Wildman–Crippen LogP) is 3.84. The molecule has 0 saturated heterocycles. The summed E-state index contributed by atoms with van der Waals surface area (Å²) in [5.74, 6) is 0.787. The Morgan fingerprint density at radius 1 is 1.07 bits per heavy atom. The molecule has 140 valence electrons. The zero-order valence-corrected chi connectivity index (χ0v) is 15.7. The summed E-state index contributed by atoms with van der Waals surface area (Å²) in [7, 11) is 3.59. The van der Waals surface area contributed by atoms with Crippen molar-refractivity contribution in [2.45, 2.75) is 6.54 Å². The Balaban J connectivity index is 1.47. The van der Waals surface area contributed by atoms with Gasteiger partial charge in [0.1, 0.15) is 11.3 Å². The molecule has 5 rings (SSSR count). The maximum absolute atomic E-state index is 5.67. The first-order chi connectivity index (χ1) is 13.7. The van der Waals surface area contributed by atoms with Crippen LogP contribution in [0.3, 0.4) is 0 Å². The highest BCUT2D eigenvalue weighted by molar-refractivity contribution is 5.83. The van der Waals surface area contributed by atoms with Crippen LogP contribution in [0.5, 0.6) is 5.75 Å². The second-order valence-electron chi connectivity index (χ2n) is 6.80. The Kier molecular flexibility index (Phi) is 3.79. The van der Waals surface area contributed by atoms with Crippen LogP contribution >= 0.6 is 0 Å². The lowest BCUT2D eigenvalue weighted by Gasteiger charge is -2.09. The van der Waals surface area contributed by atoms with Crippen molar-refractivity contribution in [2.24, 2.45) is 7.05 Å². The molecule has 28 heavy (non-hydrogen) atoms. The minimum atomic E-state index is 0.651. The van der Waals surface area contributed by atoms with E-state index in [0.29, 0.717) is 6.54 Å². The number of H-pyrrole nitrogens is 1. The van der Waals surface area contributed by atoms with E-state index in [0.717, 1.165) is 39.2 Å². The number of rotatable bonds is 5. The largest absolute Gasteiger partial charge is 0.494 e. The van der Waals surface area contributed by atoms with E-state index < -0.39 is 0 Å². The van der Waals surface area contributed by atoms with E-state index in [1.807, 2.05) is 48.6 Å². The molecule has 4 heterocycles. The lowest BCUT2D eigenvalue weighted by atomic mass is 10.1. The number of aromatic nitrogens is 5. The van der Waals surface area contributed by atoms with Crippen molar-refractivity contribution in [1.82, 2.24) is 24.4 Å². The molecule has 5 aromatic rings. The van der Waals surface area contributed by atoms with Gasteiger partial charge in [0.15, 0.2) is 0 Å². The van der Waals surface area contributed by atoms with Gasteiger partial charge in [0.05, 0.1) is 19.5 Å². The number of anilines is 1. The van der Waals surface area contributed by atoms with Crippen molar-refractivity contribution in [3.8, 4) is 16.9 Å². The van der Waals surface area contributed by atoms with Gasteiger partial charge < -0.3 is 15.0 Å². The van der Waals surface area contributed by atoms with Gasteiger partial charge in [0.2, 0.25) is 0 Å². The Morgan fingerprint density at radius 3 is 2.82 bits per heavy atom. The zero-order valence-electron chi connectivity index (χ0n) is 15.7. The summed E-state index contributed by atoms with van der Waals surface area (Å²) in [5.41, 5.74) is 6.24. The van der Waals surface area contributed by atoms with E-state index in [2.05, 4.69) is 44.8 Å². The number of pyridine rings is 1. The summed E-state index contributed by atoms with van der Waals surface area (Å²) in [4.78, 5) is 3.24. The number of benzene rings is 1. The molecule has 0 fully saturated rings. The lowest BCUT2D eigenvalue weighted by Crippen LogP contribution is -2.00. The molecule has 0 saturated carbocycles. The SMILES string of the molecule is COc1cc(-c2cnn(C)c2)cn2ncc(CNc3ccc4cc[nH]c4c3)c12. The second-order valence-corrected chi connectivity index (χ2v) is 6.80. The number of fused-ring (bicyclic) bond motifs is 2. The number of hydrogen-bond donors (Lipinski definition) is 2. The average molecular weight is 372 g/mol. The zero-order chi connectivity index (χ0) is 19.1. The highest BCUT2D eigenvalue weighted by Gasteiger charge is 2.13.